The van der Waals surface area contributed by atoms with E-state index in [0.29, 0.717) is 16.0 Å². The number of hydrogen-bond donors (Lipinski definition) is 1. The Bertz CT molecular complexity index is 587. The molecule has 2 rings (SSSR count). The minimum Gasteiger partial charge on any atom is -0.367 e. The summed E-state index contributed by atoms with van der Waals surface area (Å²) in [6.07, 6.45) is 1.21. The fourth-order valence-corrected chi connectivity index (χ4v) is 3.76. The molecular weight excluding hydrogens is 284 g/mol. The number of rotatable bonds is 2. The van der Waals surface area contributed by atoms with Crippen LogP contribution < -0.4 is 10.2 Å². The van der Waals surface area contributed by atoms with Crippen molar-refractivity contribution in [1.82, 2.24) is 5.32 Å². The molecule has 0 aromatic heterocycles. The molecule has 0 unspecified atom stereocenters. The summed E-state index contributed by atoms with van der Waals surface area (Å²) in [4.78, 5) is 2.51. The number of piperazine rings is 1. The van der Waals surface area contributed by atoms with E-state index in [9.17, 15) is 8.42 Å². The van der Waals surface area contributed by atoms with Gasteiger partial charge in [0.1, 0.15) is 0 Å². The topological polar surface area (TPSA) is 49.4 Å². The molecule has 0 radical (unpaired) electrons. The van der Waals surface area contributed by atoms with Crippen LogP contribution in [-0.2, 0) is 9.84 Å². The Morgan fingerprint density at radius 1 is 1.42 bits per heavy atom. The number of aryl methyl sites for hydroxylation is 1. The first-order valence-electron chi connectivity index (χ1n) is 6.27. The van der Waals surface area contributed by atoms with Gasteiger partial charge in [0.15, 0.2) is 9.84 Å². The molecule has 0 saturated carbocycles. The predicted molar refractivity (Wildman–Crippen MR) is 79.0 cm³/mol. The average molecular weight is 303 g/mol. The van der Waals surface area contributed by atoms with Crippen LogP contribution in [0.15, 0.2) is 17.0 Å². The summed E-state index contributed by atoms with van der Waals surface area (Å²) in [5, 5.41) is 3.87. The Hall–Kier alpha value is -0.780. The molecule has 1 atom stereocenters. The second kappa shape index (κ2) is 5.31. The van der Waals surface area contributed by atoms with Crippen LogP contribution in [0.5, 0.6) is 0 Å². The molecule has 1 N–H and O–H groups in total. The first kappa shape index (κ1) is 14.6. The Morgan fingerprint density at radius 2 is 2.11 bits per heavy atom. The van der Waals surface area contributed by atoms with Gasteiger partial charge in [-0.15, -0.1) is 0 Å². The maximum absolute atomic E-state index is 11.7. The molecular formula is C13H19ClN2O2S. The zero-order chi connectivity index (χ0) is 14.2. The number of benzene rings is 1. The van der Waals surface area contributed by atoms with Crippen molar-refractivity contribution in [3.05, 3.63) is 22.7 Å². The molecule has 0 aliphatic carbocycles. The molecule has 0 spiro atoms. The van der Waals surface area contributed by atoms with Crippen molar-refractivity contribution in [3.63, 3.8) is 0 Å². The molecule has 19 heavy (non-hydrogen) atoms. The quantitative estimate of drug-likeness (QED) is 0.906. The van der Waals surface area contributed by atoms with E-state index in [-0.39, 0.29) is 0 Å². The van der Waals surface area contributed by atoms with Crippen molar-refractivity contribution < 1.29 is 8.42 Å². The van der Waals surface area contributed by atoms with Gasteiger partial charge in [0.25, 0.3) is 0 Å². The van der Waals surface area contributed by atoms with Crippen LogP contribution in [0.2, 0.25) is 5.02 Å². The summed E-state index contributed by atoms with van der Waals surface area (Å²) in [6, 6.07) is 3.84. The van der Waals surface area contributed by atoms with Gasteiger partial charge in [-0.3, -0.25) is 0 Å². The molecule has 1 aromatic carbocycles. The van der Waals surface area contributed by atoms with E-state index in [1.807, 2.05) is 13.0 Å². The van der Waals surface area contributed by atoms with Crippen molar-refractivity contribution >= 4 is 27.1 Å². The van der Waals surface area contributed by atoms with Crippen molar-refractivity contribution in [2.45, 2.75) is 24.8 Å². The standard InChI is InChI=1S/C13H19ClN2O2S/c1-9-6-12(16-5-4-15-10(2)8-16)11(14)7-13(9)19(3,17)18/h6-7,10,15H,4-5,8H2,1-3H3/t10-/m0/s1. The van der Waals surface area contributed by atoms with E-state index in [1.165, 1.54) is 6.26 Å². The van der Waals surface area contributed by atoms with Crippen LogP contribution in [0.1, 0.15) is 12.5 Å². The third-order valence-corrected chi connectivity index (χ3v) is 4.89. The normalized spacial score (nSPS) is 20.6. The third kappa shape index (κ3) is 3.22. The third-order valence-electron chi connectivity index (χ3n) is 3.35. The van der Waals surface area contributed by atoms with Gasteiger partial charge in [-0.1, -0.05) is 11.6 Å². The lowest BCUT2D eigenvalue weighted by Gasteiger charge is -2.34. The summed E-state index contributed by atoms with van der Waals surface area (Å²) in [7, 11) is -3.23. The summed E-state index contributed by atoms with van der Waals surface area (Å²) in [5.74, 6) is 0. The summed E-state index contributed by atoms with van der Waals surface area (Å²) in [5.41, 5.74) is 1.66. The van der Waals surface area contributed by atoms with Gasteiger partial charge in [0.2, 0.25) is 0 Å². The number of sulfone groups is 1. The maximum Gasteiger partial charge on any atom is 0.175 e. The zero-order valence-corrected chi connectivity index (χ0v) is 13.0. The van der Waals surface area contributed by atoms with Crippen LogP contribution >= 0.6 is 11.6 Å². The monoisotopic (exact) mass is 302 g/mol. The Morgan fingerprint density at radius 3 is 2.68 bits per heavy atom. The minimum atomic E-state index is -3.23. The fraction of sp³-hybridized carbons (Fsp3) is 0.538. The molecule has 1 saturated heterocycles. The largest absolute Gasteiger partial charge is 0.367 e. The predicted octanol–water partition coefficient (Wildman–Crippen LogP) is 1.85. The molecule has 0 bridgehead atoms. The summed E-state index contributed by atoms with van der Waals surface area (Å²) >= 11 is 6.26. The molecule has 4 nitrogen and oxygen atoms in total. The van der Waals surface area contributed by atoms with Gasteiger partial charge in [-0.05, 0) is 31.5 Å². The summed E-state index contributed by atoms with van der Waals surface area (Å²) in [6.45, 7) is 6.59. The Balaban J connectivity index is 2.41. The highest BCUT2D eigenvalue weighted by atomic mass is 35.5. The number of hydrogen-bond acceptors (Lipinski definition) is 4. The maximum atomic E-state index is 11.7. The van der Waals surface area contributed by atoms with E-state index in [1.54, 1.807) is 6.07 Å². The van der Waals surface area contributed by atoms with E-state index in [0.717, 1.165) is 30.9 Å². The average Bonchev–Trinajstić information content (AvgIpc) is 2.30. The molecule has 1 fully saturated rings. The highest BCUT2D eigenvalue weighted by Crippen LogP contribution is 2.31. The molecule has 0 amide bonds. The number of nitrogens with one attached hydrogen (secondary N) is 1. The summed E-state index contributed by atoms with van der Waals surface area (Å²) < 4.78 is 23.3. The fourth-order valence-electron chi connectivity index (χ4n) is 2.44. The van der Waals surface area contributed by atoms with Gasteiger partial charge in [-0.25, -0.2) is 8.42 Å². The molecule has 1 aromatic rings. The minimum absolute atomic E-state index is 0.310. The lowest BCUT2D eigenvalue weighted by molar-refractivity contribution is 0.485. The van der Waals surface area contributed by atoms with Crippen molar-refractivity contribution in [2.75, 3.05) is 30.8 Å². The van der Waals surface area contributed by atoms with E-state index in [2.05, 4.69) is 17.1 Å². The molecule has 106 valence electrons. The number of halogens is 1. The molecule has 1 aliphatic rings. The van der Waals surface area contributed by atoms with Crippen molar-refractivity contribution in [3.8, 4) is 0 Å². The van der Waals surface area contributed by atoms with Crippen LogP contribution in [0.25, 0.3) is 0 Å². The van der Waals surface area contributed by atoms with Crippen LogP contribution in [0.3, 0.4) is 0 Å². The van der Waals surface area contributed by atoms with Gasteiger partial charge < -0.3 is 10.2 Å². The SMILES string of the molecule is Cc1cc(N2CCN[C@@H](C)C2)c(Cl)cc1S(C)(=O)=O. The van der Waals surface area contributed by atoms with Gasteiger partial charge in [-0.2, -0.15) is 0 Å². The highest BCUT2D eigenvalue weighted by molar-refractivity contribution is 7.90. The number of anilines is 1. The first-order chi connectivity index (χ1) is 8.79. The smallest absolute Gasteiger partial charge is 0.175 e. The Labute approximate surface area is 119 Å². The molecule has 1 aliphatic heterocycles. The molecule has 1 heterocycles. The first-order valence-corrected chi connectivity index (χ1v) is 8.54. The molecule has 6 heteroatoms. The lowest BCUT2D eigenvalue weighted by Crippen LogP contribution is -2.49. The van der Waals surface area contributed by atoms with E-state index < -0.39 is 9.84 Å². The van der Waals surface area contributed by atoms with Crippen molar-refractivity contribution in [1.29, 1.82) is 0 Å². The van der Waals surface area contributed by atoms with Crippen LogP contribution in [0, 0.1) is 6.92 Å². The van der Waals surface area contributed by atoms with Gasteiger partial charge in [0.05, 0.1) is 15.6 Å². The second-order valence-electron chi connectivity index (χ2n) is 5.14. The highest BCUT2D eigenvalue weighted by Gasteiger charge is 2.21. The Kier molecular flexibility index (Phi) is 4.08. The van der Waals surface area contributed by atoms with Crippen molar-refractivity contribution in [2.24, 2.45) is 0 Å². The number of nitrogens with zero attached hydrogens (tertiary/aromatic N) is 1. The van der Waals surface area contributed by atoms with Crippen LogP contribution in [-0.4, -0.2) is 40.3 Å². The van der Waals surface area contributed by atoms with Crippen LogP contribution in [0.4, 0.5) is 5.69 Å². The zero-order valence-electron chi connectivity index (χ0n) is 11.4. The lowest BCUT2D eigenvalue weighted by atomic mass is 10.1. The van der Waals surface area contributed by atoms with E-state index >= 15 is 0 Å². The van der Waals surface area contributed by atoms with Gasteiger partial charge >= 0.3 is 0 Å². The van der Waals surface area contributed by atoms with E-state index in [4.69, 9.17) is 11.6 Å². The second-order valence-corrected chi connectivity index (χ2v) is 7.53. The van der Waals surface area contributed by atoms with Gasteiger partial charge in [0, 0.05) is 31.9 Å².